The summed E-state index contributed by atoms with van der Waals surface area (Å²) in [6.07, 6.45) is 2.75. The molecule has 1 amide bonds. The van der Waals surface area contributed by atoms with Crippen LogP contribution in [0.15, 0.2) is 24.3 Å². The second-order valence-corrected chi connectivity index (χ2v) is 3.96. The molecule has 0 radical (unpaired) electrons. The lowest BCUT2D eigenvalue weighted by Gasteiger charge is -2.01. The van der Waals surface area contributed by atoms with Crippen molar-refractivity contribution in [1.82, 2.24) is 15.2 Å². The molecule has 0 unspecified atom stereocenters. The number of rotatable bonds is 4. The lowest BCUT2D eigenvalue weighted by Crippen LogP contribution is -2.09. The van der Waals surface area contributed by atoms with Gasteiger partial charge in [0.05, 0.1) is 7.11 Å². The molecule has 20 heavy (non-hydrogen) atoms. The SMILES string of the molecule is COc1ccc(/C=C/C(=O)Nc2n[nH]c(C)n2)cc1F. The zero-order chi connectivity index (χ0) is 14.5. The Hall–Kier alpha value is -2.70. The number of aromatic nitrogens is 3. The van der Waals surface area contributed by atoms with Crippen LogP contribution in [-0.4, -0.2) is 28.2 Å². The number of carbonyl (C=O) groups excluding carboxylic acids is 1. The van der Waals surface area contributed by atoms with E-state index in [0.29, 0.717) is 11.4 Å². The van der Waals surface area contributed by atoms with E-state index in [9.17, 15) is 9.18 Å². The number of nitrogens with zero attached hydrogens (tertiary/aromatic N) is 2. The lowest BCUT2D eigenvalue weighted by molar-refractivity contribution is -0.111. The topological polar surface area (TPSA) is 79.9 Å². The van der Waals surface area contributed by atoms with Crippen LogP contribution in [0.5, 0.6) is 5.75 Å². The molecule has 0 bridgehead atoms. The second-order valence-electron chi connectivity index (χ2n) is 3.96. The molecule has 2 aromatic rings. The van der Waals surface area contributed by atoms with Crippen LogP contribution in [0.2, 0.25) is 0 Å². The molecular weight excluding hydrogens is 263 g/mol. The molecule has 0 atom stereocenters. The summed E-state index contributed by atoms with van der Waals surface area (Å²) < 4.78 is 18.2. The summed E-state index contributed by atoms with van der Waals surface area (Å²) in [7, 11) is 1.39. The third kappa shape index (κ3) is 3.41. The molecule has 0 fully saturated rings. The first-order chi connectivity index (χ1) is 9.58. The largest absolute Gasteiger partial charge is 0.494 e. The predicted molar refractivity (Wildman–Crippen MR) is 71.7 cm³/mol. The van der Waals surface area contributed by atoms with Crippen LogP contribution in [0.3, 0.4) is 0 Å². The molecular formula is C13H13FN4O2. The Morgan fingerprint density at radius 2 is 2.30 bits per heavy atom. The summed E-state index contributed by atoms with van der Waals surface area (Å²) in [5.41, 5.74) is 0.546. The van der Waals surface area contributed by atoms with E-state index >= 15 is 0 Å². The number of halogens is 1. The van der Waals surface area contributed by atoms with Gasteiger partial charge in [-0.25, -0.2) is 4.39 Å². The summed E-state index contributed by atoms with van der Waals surface area (Å²) in [5, 5.41) is 8.85. The molecule has 0 saturated heterocycles. The first-order valence-corrected chi connectivity index (χ1v) is 5.80. The Kier molecular flexibility index (Phi) is 4.09. The third-order valence-electron chi connectivity index (χ3n) is 2.44. The molecule has 0 aliphatic heterocycles. The van der Waals surface area contributed by atoms with Crippen molar-refractivity contribution in [2.75, 3.05) is 12.4 Å². The van der Waals surface area contributed by atoms with Gasteiger partial charge in [0, 0.05) is 6.08 Å². The molecule has 2 N–H and O–H groups in total. The minimum Gasteiger partial charge on any atom is -0.494 e. The van der Waals surface area contributed by atoms with Gasteiger partial charge in [0.15, 0.2) is 11.6 Å². The average molecular weight is 276 g/mol. The maximum absolute atomic E-state index is 13.4. The van der Waals surface area contributed by atoms with Gasteiger partial charge in [-0.05, 0) is 30.7 Å². The number of methoxy groups -OCH3 is 1. The summed E-state index contributed by atoms with van der Waals surface area (Å²) in [6.45, 7) is 1.72. The van der Waals surface area contributed by atoms with Gasteiger partial charge < -0.3 is 4.74 Å². The Morgan fingerprint density at radius 1 is 1.50 bits per heavy atom. The maximum Gasteiger partial charge on any atom is 0.250 e. The number of hydrogen-bond donors (Lipinski definition) is 2. The van der Waals surface area contributed by atoms with E-state index in [2.05, 4.69) is 20.5 Å². The van der Waals surface area contributed by atoms with Gasteiger partial charge in [-0.2, -0.15) is 4.98 Å². The molecule has 0 spiro atoms. The van der Waals surface area contributed by atoms with Crippen molar-refractivity contribution in [3.63, 3.8) is 0 Å². The van der Waals surface area contributed by atoms with Crippen molar-refractivity contribution in [3.8, 4) is 5.75 Å². The van der Waals surface area contributed by atoms with Crippen LogP contribution in [0.1, 0.15) is 11.4 Å². The highest BCUT2D eigenvalue weighted by atomic mass is 19.1. The van der Waals surface area contributed by atoms with Crippen molar-refractivity contribution in [2.45, 2.75) is 6.92 Å². The van der Waals surface area contributed by atoms with Crippen LogP contribution in [-0.2, 0) is 4.79 Å². The fourth-order valence-electron chi connectivity index (χ4n) is 1.51. The standard InChI is InChI=1S/C13H13FN4O2/c1-8-15-13(18-17-8)16-12(19)6-4-9-3-5-11(20-2)10(14)7-9/h3-7H,1-2H3,(H2,15,16,17,18,19)/b6-4+. The Balaban J connectivity index is 2.01. The van der Waals surface area contributed by atoms with Crippen molar-refractivity contribution in [3.05, 3.63) is 41.5 Å². The number of amides is 1. The molecule has 2 rings (SSSR count). The number of anilines is 1. The zero-order valence-electron chi connectivity index (χ0n) is 11.0. The van der Waals surface area contributed by atoms with Crippen molar-refractivity contribution in [1.29, 1.82) is 0 Å². The maximum atomic E-state index is 13.4. The molecule has 1 aromatic heterocycles. The van der Waals surface area contributed by atoms with Crippen LogP contribution < -0.4 is 10.1 Å². The van der Waals surface area contributed by atoms with Gasteiger partial charge in [0.1, 0.15) is 5.82 Å². The molecule has 0 aliphatic carbocycles. The molecule has 104 valence electrons. The zero-order valence-corrected chi connectivity index (χ0v) is 11.0. The number of benzene rings is 1. The quantitative estimate of drug-likeness (QED) is 0.836. The van der Waals surface area contributed by atoms with E-state index in [1.807, 2.05) is 0 Å². The number of carbonyl (C=O) groups is 1. The van der Waals surface area contributed by atoms with E-state index in [-0.39, 0.29) is 11.7 Å². The molecule has 1 heterocycles. The monoisotopic (exact) mass is 276 g/mol. The van der Waals surface area contributed by atoms with E-state index in [1.54, 1.807) is 13.0 Å². The number of H-pyrrole nitrogens is 1. The van der Waals surface area contributed by atoms with Gasteiger partial charge in [0.25, 0.3) is 5.91 Å². The molecule has 6 nitrogen and oxygen atoms in total. The Labute approximate surface area is 114 Å². The van der Waals surface area contributed by atoms with Crippen LogP contribution in [0.4, 0.5) is 10.3 Å². The number of ether oxygens (including phenoxy) is 1. The van der Waals surface area contributed by atoms with E-state index in [0.717, 1.165) is 0 Å². The summed E-state index contributed by atoms with van der Waals surface area (Å²) in [4.78, 5) is 15.5. The number of aromatic amines is 1. The Bertz CT molecular complexity index is 652. The van der Waals surface area contributed by atoms with Gasteiger partial charge in [0.2, 0.25) is 5.95 Å². The first kappa shape index (κ1) is 13.7. The van der Waals surface area contributed by atoms with Crippen LogP contribution >= 0.6 is 0 Å². The summed E-state index contributed by atoms with van der Waals surface area (Å²) in [5.74, 6) is 0.0576. The minimum absolute atomic E-state index is 0.155. The molecule has 1 aromatic carbocycles. The van der Waals surface area contributed by atoms with E-state index in [1.165, 1.54) is 31.4 Å². The van der Waals surface area contributed by atoms with Gasteiger partial charge in [-0.15, -0.1) is 5.10 Å². The fraction of sp³-hybridized carbons (Fsp3) is 0.154. The number of aryl methyl sites for hydroxylation is 1. The fourth-order valence-corrected chi connectivity index (χ4v) is 1.51. The smallest absolute Gasteiger partial charge is 0.250 e. The number of nitrogens with one attached hydrogen (secondary N) is 2. The van der Waals surface area contributed by atoms with Crippen LogP contribution in [0.25, 0.3) is 6.08 Å². The van der Waals surface area contributed by atoms with Gasteiger partial charge in [-0.3, -0.25) is 15.2 Å². The first-order valence-electron chi connectivity index (χ1n) is 5.80. The van der Waals surface area contributed by atoms with Crippen molar-refractivity contribution < 1.29 is 13.9 Å². The van der Waals surface area contributed by atoms with Crippen molar-refractivity contribution >= 4 is 17.9 Å². The lowest BCUT2D eigenvalue weighted by atomic mass is 10.2. The number of hydrogen-bond acceptors (Lipinski definition) is 4. The highest BCUT2D eigenvalue weighted by Gasteiger charge is 2.04. The van der Waals surface area contributed by atoms with Gasteiger partial charge in [-0.1, -0.05) is 6.07 Å². The average Bonchev–Trinajstić information content (AvgIpc) is 2.82. The van der Waals surface area contributed by atoms with E-state index < -0.39 is 11.7 Å². The predicted octanol–water partition coefficient (Wildman–Crippen LogP) is 1.91. The molecule has 7 heteroatoms. The second kappa shape index (κ2) is 5.96. The normalized spacial score (nSPS) is 10.8. The van der Waals surface area contributed by atoms with Crippen molar-refractivity contribution in [2.24, 2.45) is 0 Å². The molecule has 0 saturated carbocycles. The van der Waals surface area contributed by atoms with Gasteiger partial charge >= 0.3 is 0 Å². The van der Waals surface area contributed by atoms with Crippen LogP contribution in [0, 0.1) is 12.7 Å². The highest BCUT2D eigenvalue weighted by Crippen LogP contribution is 2.18. The summed E-state index contributed by atoms with van der Waals surface area (Å²) in [6, 6.07) is 4.41. The third-order valence-corrected chi connectivity index (χ3v) is 2.44. The summed E-state index contributed by atoms with van der Waals surface area (Å²) >= 11 is 0. The highest BCUT2D eigenvalue weighted by molar-refractivity contribution is 6.00. The Morgan fingerprint density at radius 3 is 2.90 bits per heavy atom. The minimum atomic E-state index is -0.486. The van der Waals surface area contributed by atoms with E-state index in [4.69, 9.17) is 4.74 Å². The molecule has 0 aliphatic rings.